The molecule has 0 N–H and O–H groups in total. The Morgan fingerprint density at radius 3 is 2.23 bits per heavy atom. The molecule has 0 aromatic heterocycles. The first kappa shape index (κ1) is 22.2. The van der Waals surface area contributed by atoms with E-state index >= 15 is 0 Å². The quantitative estimate of drug-likeness (QED) is 0.220. The van der Waals surface area contributed by atoms with Gasteiger partial charge in [0.05, 0.1) is 16.8 Å². The number of halogens is 1. The average molecular weight is 478 g/mol. The summed E-state index contributed by atoms with van der Waals surface area (Å²) in [6.07, 6.45) is 2.60. The van der Waals surface area contributed by atoms with Crippen LogP contribution in [0, 0.1) is 3.57 Å². The van der Waals surface area contributed by atoms with Crippen LogP contribution >= 0.6 is 22.6 Å². The molecule has 0 heterocycles. The summed E-state index contributed by atoms with van der Waals surface area (Å²) in [5.74, 6) is -0.692. The Morgan fingerprint density at radius 1 is 0.962 bits per heavy atom. The van der Waals surface area contributed by atoms with Crippen molar-refractivity contribution < 1.29 is 33.3 Å². The van der Waals surface area contributed by atoms with Gasteiger partial charge < -0.3 is 18.9 Å². The predicted octanol–water partition coefficient (Wildman–Crippen LogP) is 3.64. The van der Waals surface area contributed by atoms with Crippen molar-refractivity contribution in [3.8, 4) is 17.2 Å². The first-order valence-electron chi connectivity index (χ1n) is 8.32. The van der Waals surface area contributed by atoms with E-state index in [9.17, 15) is 14.4 Å². The van der Waals surface area contributed by atoms with Crippen LogP contribution in [0.15, 0.2) is 12.1 Å². The smallest absolute Gasteiger partial charge is 0.308 e. The van der Waals surface area contributed by atoms with Gasteiger partial charge in [0.25, 0.3) is 0 Å². The molecule has 0 fully saturated rings. The zero-order valence-electron chi connectivity index (χ0n) is 15.1. The normalized spacial score (nSPS) is 10.2. The van der Waals surface area contributed by atoms with Crippen LogP contribution in [0.5, 0.6) is 17.2 Å². The first-order valence-corrected chi connectivity index (χ1v) is 9.40. The maximum atomic E-state index is 11.4. The van der Waals surface area contributed by atoms with E-state index in [1.54, 1.807) is 19.1 Å². The number of carbonyl (C=O) groups is 3. The molecule has 7 nitrogen and oxygen atoms in total. The third kappa shape index (κ3) is 8.03. The lowest BCUT2D eigenvalue weighted by Crippen LogP contribution is -2.10. The molecular weight excluding hydrogens is 455 g/mol. The number of hydrogen-bond acceptors (Lipinski definition) is 7. The molecule has 0 radical (unpaired) electrons. The minimum Gasteiger partial charge on any atom is -0.490 e. The van der Waals surface area contributed by atoms with Crippen LogP contribution in [0.4, 0.5) is 0 Å². The molecule has 1 aromatic carbocycles. The van der Waals surface area contributed by atoms with Crippen molar-refractivity contribution in [3.05, 3.63) is 15.7 Å². The van der Waals surface area contributed by atoms with Crippen LogP contribution in [0.25, 0.3) is 0 Å². The number of rotatable bonds is 10. The van der Waals surface area contributed by atoms with Crippen molar-refractivity contribution in [2.45, 2.75) is 46.5 Å². The SMILES string of the molecule is CCOC(=O)CCCCCOc1ccc(I)c(OC(C)=O)c1OC(C)=O. The van der Waals surface area contributed by atoms with Gasteiger partial charge in [0.1, 0.15) is 0 Å². The molecule has 0 amide bonds. The van der Waals surface area contributed by atoms with E-state index in [2.05, 4.69) is 0 Å². The van der Waals surface area contributed by atoms with Gasteiger partial charge in [-0.1, -0.05) is 0 Å². The van der Waals surface area contributed by atoms with Crippen molar-refractivity contribution in [3.63, 3.8) is 0 Å². The van der Waals surface area contributed by atoms with Gasteiger partial charge in [-0.05, 0) is 60.9 Å². The number of unbranched alkanes of at least 4 members (excludes halogenated alkanes) is 2. The van der Waals surface area contributed by atoms with Gasteiger partial charge in [-0.2, -0.15) is 0 Å². The number of esters is 3. The second kappa shape index (κ2) is 11.7. The zero-order valence-corrected chi connectivity index (χ0v) is 17.3. The lowest BCUT2D eigenvalue weighted by molar-refractivity contribution is -0.143. The Labute approximate surface area is 166 Å². The van der Waals surface area contributed by atoms with E-state index in [0.29, 0.717) is 41.8 Å². The third-order valence-electron chi connectivity index (χ3n) is 3.11. The van der Waals surface area contributed by atoms with Crippen molar-refractivity contribution in [2.24, 2.45) is 0 Å². The summed E-state index contributed by atoms with van der Waals surface area (Å²) in [6, 6.07) is 3.37. The van der Waals surface area contributed by atoms with Crippen molar-refractivity contribution in [1.29, 1.82) is 0 Å². The van der Waals surface area contributed by atoms with Gasteiger partial charge in [-0.15, -0.1) is 0 Å². The van der Waals surface area contributed by atoms with E-state index in [1.165, 1.54) is 13.8 Å². The Kier molecular flexibility index (Phi) is 10.0. The van der Waals surface area contributed by atoms with Gasteiger partial charge in [0.2, 0.25) is 5.75 Å². The average Bonchev–Trinajstić information content (AvgIpc) is 2.55. The molecule has 0 spiro atoms. The Balaban J connectivity index is 2.66. The van der Waals surface area contributed by atoms with Crippen molar-refractivity contribution >= 4 is 40.5 Å². The molecule has 0 unspecified atom stereocenters. The summed E-state index contributed by atoms with van der Waals surface area (Å²) in [7, 11) is 0. The molecule has 26 heavy (non-hydrogen) atoms. The minimum atomic E-state index is -0.542. The van der Waals surface area contributed by atoms with E-state index in [0.717, 1.165) is 6.42 Å². The molecule has 8 heteroatoms. The van der Waals surface area contributed by atoms with Gasteiger partial charge in [0.15, 0.2) is 11.5 Å². The van der Waals surface area contributed by atoms with Crippen LogP contribution in [-0.2, 0) is 19.1 Å². The van der Waals surface area contributed by atoms with Crippen molar-refractivity contribution in [2.75, 3.05) is 13.2 Å². The van der Waals surface area contributed by atoms with Crippen LogP contribution < -0.4 is 14.2 Å². The second-order valence-electron chi connectivity index (χ2n) is 5.36. The first-order chi connectivity index (χ1) is 12.3. The van der Waals surface area contributed by atoms with E-state index < -0.39 is 11.9 Å². The van der Waals surface area contributed by atoms with Gasteiger partial charge >= 0.3 is 17.9 Å². The highest BCUT2D eigenvalue weighted by Crippen LogP contribution is 2.41. The number of benzene rings is 1. The molecule has 1 rings (SSSR count). The monoisotopic (exact) mass is 478 g/mol. The molecule has 0 aliphatic carbocycles. The number of hydrogen-bond donors (Lipinski definition) is 0. The highest BCUT2D eigenvalue weighted by Gasteiger charge is 2.20. The van der Waals surface area contributed by atoms with Crippen LogP contribution in [0.2, 0.25) is 0 Å². The summed E-state index contributed by atoms with van der Waals surface area (Å²) < 4.78 is 21.5. The Bertz CT molecular complexity index is 643. The molecular formula is C18H23IO7. The summed E-state index contributed by atoms with van der Waals surface area (Å²) in [5.41, 5.74) is 0. The molecule has 1 aromatic rings. The lowest BCUT2D eigenvalue weighted by Gasteiger charge is -2.15. The molecule has 0 aliphatic rings. The largest absolute Gasteiger partial charge is 0.490 e. The summed E-state index contributed by atoms with van der Waals surface area (Å²) in [6.45, 7) is 5.06. The lowest BCUT2D eigenvalue weighted by atomic mass is 10.2. The molecule has 0 atom stereocenters. The fourth-order valence-corrected chi connectivity index (χ4v) is 2.61. The Hall–Kier alpha value is -1.84. The van der Waals surface area contributed by atoms with Gasteiger partial charge in [-0.25, -0.2) is 0 Å². The molecule has 144 valence electrons. The molecule has 0 bridgehead atoms. The van der Waals surface area contributed by atoms with Crippen LogP contribution in [0.1, 0.15) is 46.5 Å². The maximum Gasteiger partial charge on any atom is 0.308 e. The highest BCUT2D eigenvalue weighted by atomic mass is 127. The van der Waals surface area contributed by atoms with Gasteiger partial charge in [0, 0.05) is 20.3 Å². The second-order valence-corrected chi connectivity index (χ2v) is 6.52. The van der Waals surface area contributed by atoms with Crippen LogP contribution in [0.3, 0.4) is 0 Å². The van der Waals surface area contributed by atoms with Crippen LogP contribution in [-0.4, -0.2) is 31.1 Å². The number of carbonyl (C=O) groups excluding carboxylic acids is 3. The Morgan fingerprint density at radius 2 is 1.62 bits per heavy atom. The zero-order chi connectivity index (χ0) is 19.5. The van der Waals surface area contributed by atoms with E-state index in [4.69, 9.17) is 18.9 Å². The van der Waals surface area contributed by atoms with E-state index in [1.807, 2.05) is 22.6 Å². The third-order valence-corrected chi connectivity index (χ3v) is 3.96. The predicted molar refractivity (Wildman–Crippen MR) is 102 cm³/mol. The molecule has 0 aliphatic heterocycles. The van der Waals surface area contributed by atoms with E-state index in [-0.39, 0.29) is 17.5 Å². The standard InChI is InChI=1S/C18H23IO7/c1-4-23-16(22)8-6-5-7-11-24-15-10-9-14(19)17(25-12(2)20)18(15)26-13(3)21/h9-10H,4-8,11H2,1-3H3. The van der Waals surface area contributed by atoms with Gasteiger partial charge in [-0.3, -0.25) is 14.4 Å². The molecule has 0 saturated carbocycles. The fourth-order valence-electron chi connectivity index (χ4n) is 2.08. The topological polar surface area (TPSA) is 88.1 Å². The fraction of sp³-hybridized carbons (Fsp3) is 0.500. The summed E-state index contributed by atoms with van der Waals surface area (Å²) in [5, 5.41) is 0. The number of ether oxygens (including phenoxy) is 4. The maximum absolute atomic E-state index is 11.4. The summed E-state index contributed by atoms with van der Waals surface area (Å²) >= 11 is 1.98. The minimum absolute atomic E-state index is 0.0890. The van der Waals surface area contributed by atoms with Crippen molar-refractivity contribution in [1.82, 2.24) is 0 Å². The molecule has 0 saturated heterocycles. The summed E-state index contributed by atoms with van der Waals surface area (Å²) in [4.78, 5) is 33.9. The highest BCUT2D eigenvalue weighted by molar-refractivity contribution is 14.1.